The minimum atomic E-state index is -0.338. The summed E-state index contributed by atoms with van der Waals surface area (Å²) in [6.07, 6.45) is 4.81. The number of aryl methyl sites for hydroxylation is 2. The Labute approximate surface area is 109 Å². The number of H-pyrrole nitrogens is 1. The summed E-state index contributed by atoms with van der Waals surface area (Å²) in [6, 6.07) is 6.20. The lowest BCUT2D eigenvalue weighted by Crippen LogP contribution is -2.09. The van der Waals surface area contributed by atoms with Crippen LogP contribution in [0.15, 0.2) is 29.3 Å². The molecule has 1 aromatic carbocycles. The van der Waals surface area contributed by atoms with Gasteiger partial charge >= 0.3 is 0 Å². The summed E-state index contributed by atoms with van der Waals surface area (Å²) in [6.45, 7) is 0. The van der Waals surface area contributed by atoms with E-state index in [1.807, 2.05) is 6.07 Å². The molecule has 0 saturated heterocycles. The fourth-order valence-corrected chi connectivity index (χ4v) is 2.41. The van der Waals surface area contributed by atoms with Crippen LogP contribution in [0.2, 0.25) is 5.02 Å². The number of rotatable bonds is 2. The summed E-state index contributed by atoms with van der Waals surface area (Å²) in [5.74, 6) is 0.387. The van der Waals surface area contributed by atoms with Gasteiger partial charge in [-0.2, -0.15) is 0 Å². The minimum Gasteiger partial charge on any atom is -0.339 e. The van der Waals surface area contributed by atoms with E-state index in [0.717, 1.165) is 18.5 Å². The van der Waals surface area contributed by atoms with Crippen LogP contribution < -0.4 is 10.9 Å². The Bertz CT molecular complexity index is 651. The predicted octanol–water partition coefficient (Wildman–Crippen LogP) is 2.66. The molecule has 3 rings (SSSR count). The molecule has 0 amide bonds. The highest BCUT2D eigenvalue weighted by Crippen LogP contribution is 2.27. The highest BCUT2D eigenvalue weighted by molar-refractivity contribution is 6.32. The predicted molar refractivity (Wildman–Crippen MR) is 71.6 cm³/mol. The highest BCUT2D eigenvalue weighted by atomic mass is 35.5. The first kappa shape index (κ1) is 11.3. The van der Waals surface area contributed by atoms with E-state index in [9.17, 15) is 4.79 Å². The molecule has 0 saturated carbocycles. The first-order chi connectivity index (χ1) is 8.74. The smallest absolute Gasteiger partial charge is 0.271 e. The largest absolute Gasteiger partial charge is 0.339 e. The SMILES string of the molecule is O=c1[nH]cnc(Nc2ccc3c(c2)CCC3)c1Cl. The molecular weight excluding hydrogens is 250 g/mol. The molecule has 0 spiro atoms. The molecule has 0 atom stereocenters. The van der Waals surface area contributed by atoms with E-state index < -0.39 is 0 Å². The molecule has 5 heteroatoms. The van der Waals surface area contributed by atoms with E-state index in [0.29, 0.717) is 5.82 Å². The van der Waals surface area contributed by atoms with Gasteiger partial charge in [0.2, 0.25) is 0 Å². The summed E-state index contributed by atoms with van der Waals surface area (Å²) < 4.78 is 0. The van der Waals surface area contributed by atoms with Crippen LogP contribution in [-0.4, -0.2) is 9.97 Å². The van der Waals surface area contributed by atoms with E-state index in [-0.39, 0.29) is 10.6 Å². The Hall–Kier alpha value is -1.81. The van der Waals surface area contributed by atoms with Crippen molar-refractivity contribution < 1.29 is 0 Å². The fourth-order valence-electron chi connectivity index (χ4n) is 2.26. The van der Waals surface area contributed by atoms with Crippen molar-refractivity contribution in [3.63, 3.8) is 0 Å². The van der Waals surface area contributed by atoms with Gasteiger partial charge in [-0.1, -0.05) is 17.7 Å². The number of nitrogens with zero attached hydrogens (tertiary/aromatic N) is 1. The van der Waals surface area contributed by atoms with Gasteiger partial charge in [0.05, 0.1) is 6.33 Å². The second kappa shape index (κ2) is 4.46. The lowest BCUT2D eigenvalue weighted by atomic mass is 10.1. The molecular formula is C13H12ClN3O. The summed E-state index contributed by atoms with van der Waals surface area (Å²) >= 11 is 5.89. The molecule has 18 heavy (non-hydrogen) atoms. The van der Waals surface area contributed by atoms with Crippen molar-refractivity contribution in [2.24, 2.45) is 0 Å². The Balaban J connectivity index is 1.93. The van der Waals surface area contributed by atoms with E-state index in [1.165, 1.54) is 23.9 Å². The quantitative estimate of drug-likeness (QED) is 0.874. The van der Waals surface area contributed by atoms with Crippen LogP contribution >= 0.6 is 11.6 Å². The van der Waals surface area contributed by atoms with Crippen LogP contribution in [0.1, 0.15) is 17.5 Å². The van der Waals surface area contributed by atoms with Crippen molar-refractivity contribution >= 4 is 23.1 Å². The molecule has 0 aliphatic heterocycles. The summed E-state index contributed by atoms with van der Waals surface area (Å²) in [5.41, 5.74) is 3.34. The van der Waals surface area contributed by atoms with Crippen LogP contribution in [0.4, 0.5) is 11.5 Å². The lowest BCUT2D eigenvalue weighted by Gasteiger charge is -2.08. The van der Waals surface area contributed by atoms with Crippen LogP contribution in [0.5, 0.6) is 0 Å². The topological polar surface area (TPSA) is 57.8 Å². The van der Waals surface area contributed by atoms with Crippen molar-refractivity contribution in [2.45, 2.75) is 19.3 Å². The van der Waals surface area contributed by atoms with Crippen LogP contribution in [0.3, 0.4) is 0 Å². The zero-order valence-electron chi connectivity index (χ0n) is 9.66. The second-order valence-electron chi connectivity index (χ2n) is 4.36. The van der Waals surface area contributed by atoms with Gasteiger partial charge in [0, 0.05) is 5.69 Å². The zero-order chi connectivity index (χ0) is 12.5. The van der Waals surface area contributed by atoms with E-state index in [1.54, 1.807) is 0 Å². The molecule has 1 aliphatic rings. The maximum Gasteiger partial charge on any atom is 0.271 e. The molecule has 0 bridgehead atoms. The number of nitrogens with one attached hydrogen (secondary N) is 2. The number of hydrogen-bond donors (Lipinski definition) is 2. The zero-order valence-corrected chi connectivity index (χ0v) is 10.4. The van der Waals surface area contributed by atoms with Crippen molar-refractivity contribution in [3.05, 3.63) is 51.0 Å². The molecule has 2 aromatic rings. The van der Waals surface area contributed by atoms with Gasteiger partial charge in [0.25, 0.3) is 5.56 Å². The third-order valence-electron chi connectivity index (χ3n) is 3.16. The highest BCUT2D eigenvalue weighted by Gasteiger charge is 2.12. The maximum absolute atomic E-state index is 11.3. The number of fused-ring (bicyclic) bond motifs is 1. The molecule has 92 valence electrons. The van der Waals surface area contributed by atoms with Crippen LogP contribution in [0, 0.1) is 0 Å². The Kier molecular flexibility index (Phi) is 2.80. The third kappa shape index (κ3) is 1.99. The third-order valence-corrected chi connectivity index (χ3v) is 3.51. The summed E-state index contributed by atoms with van der Waals surface area (Å²) in [7, 11) is 0. The van der Waals surface area contributed by atoms with Gasteiger partial charge < -0.3 is 10.3 Å². The fraction of sp³-hybridized carbons (Fsp3) is 0.231. The van der Waals surface area contributed by atoms with Gasteiger partial charge in [0.15, 0.2) is 5.82 Å². The van der Waals surface area contributed by atoms with E-state index in [2.05, 4.69) is 27.4 Å². The van der Waals surface area contributed by atoms with E-state index >= 15 is 0 Å². The number of hydrogen-bond acceptors (Lipinski definition) is 3. The number of aromatic nitrogens is 2. The Morgan fingerprint density at radius 3 is 3.00 bits per heavy atom. The number of halogens is 1. The molecule has 4 nitrogen and oxygen atoms in total. The van der Waals surface area contributed by atoms with Gasteiger partial charge in [-0.3, -0.25) is 4.79 Å². The van der Waals surface area contributed by atoms with Gasteiger partial charge in [-0.25, -0.2) is 4.98 Å². The molecule has 0 unspecified atom stereocenters. The molecule has 1 heterocycles. The van der Waals surface area contributed by atoms with Crippen molar-refractivity contribution in [1.29, 1.82) is 0 Å². The molecule has 2 N–H and O–H groups in total. The first-order valence-electron chi connectivity index (χ1n) is 5.86. The van der Waals surface area contributed by atoms with Gasteiger partial charge in [-0.05, 0) is 42.5 Å². The molecule has 1 aliphatic carbocycles. The average Bonchev–Trinajstić information content (AvgIpc) is 2.82. The van der Waals surface area contributed by atoms with E-state index in [4.69, 9.17) is 11.6 Å². The van der Waals surface area contributed by atoms with Crippen LogP contribution in [0.25, 0.3) is 0 Å². The monoisotopic (exact) mass is 261 g/mol. The van der Waals surface area contributed by atoms with Crippen molar-refractivity contribution in [2.75, 3.05) is 5.32 Å². The number of aromatic amines is 1. The van der Waals surface area contributed by atoms with Crippen molar-refractivity contribution in [3.8, 4) is 0 Å². The van der Waals surface area contributed by atoms with Gasteiger partial charge in [0.1, 0.15) is 5.02 Å². The van der Waals surface area contributed by atoms with Crippen molar-refractivity contribution in [1.82, 2.24) is 9.97 Å². The maximum atomic E-state index is 11.3. The Morgan fingerprint density at radius 1 is 1.28 bits per heavy atom. The van der Waals surface area contributed by atoms with Crippen LogP contribution in [-0.2, 0) is 12.8 Å². The Morgan fingerprint density at radius 2 is 2.11 bits per heavy atom. The van der Waals surface area contributed by atoms with Gasteiger partial charge in [-0.15, -0.1) is 0 Å². The minimum absolute atomic E-state index is 0.0815. The summed E-state index contributed by atoms with van der Waals surface area (Å²) in [5, 5.41) is 3.16. The first-order valence-corrected chi connectivity index (χ1v) is 6.24. The average molecular weight is 262 g/mol. The normalized spacial score (nSPS) is 13.4. The molecule has 1 aromatic heterocycles. The standard InChI is InChI=1S/C13H12ClN3O/c14-11-12(15-7-16-13(11)18)17-10-5-4-8-2-1-3-9(8)6-10/h4-7H,1-3H2,(H2,15,16,17,18). The lowest BCUT2D eigenvalue weighted by molar-refractivity contribution is 0.912. The second-order valence-corrected chi connectivity index (χ2v) is 4.73. The summed E-state index contributed by atoms with van der Waals surface area (Å²) in [4.78, 5) is 17.8. The molecule has 0 fully saturated rings. The molecule has 0 radical (unpaired) electrons. The number of benzene rings is 1. The number of anilines is 2.